The van der Waals surface area contributed by atoms with Crippen molar-refractivity contribution in [1.82, 2.24) is 4.90 Å². The summed E-state index contributed by atoms with van der Waals surface area (Å²) in [7, 11) is 0. The normalized spacial score (nSPS) is 31.5. The molecule has 16 heavy (non-hydrogen) atoms. The van der Waals surface area contributed by atoms with Gasteiger partial charge in [0, 0.05) is 32.3 Å². The smallest absolute Gasteiger partial charge is 0.0469 e. The Labute approximate surface area is 99.3 Å². The van der Waals surface area contributed by atoms with Crippen LogP contribution < -0.4 is 5.73 Å². The number of piperidine rings is 1. The SMILES string of the molecule is CC1CCCN(C(CN)C2CCOCC2)C1. The van der Waals surface area contributed by atoms with Crippen molar-refractivity contribution in [3.05, 3.63) is 0 Å². The highest BCUT2D eigenvalue weighted by molar-refractivity contribution is 4.84. The number of ether oxygens (including phenoxy) is 1. The highest BCUT2D eigenvalue weighted by atomic mass is 16.5. The van der Waals surface area contributed by atoms with E-state index in [-0.39, 0.29) is 0 Å². The Kier molecular flexibility index (Phi) is 4.62. The lowest BCUT2D eigenvalue weighted by atomic mass is 9.88. The van der Waals surface area contributed by atoms with E-state index >= 15 is 0 Å². The van der Waals surface area contributed by atoms with Gasteiger partial charge in [0.2, 0.25) is 0 Å². The lowest BCUT2D eigenvalue weighted by molar-refractivity contribution is 0.0166. The first-order valence-corrected chi connectivity index (χ1v) is 6.83. The van der Waals surface area contributed by atoms with E-state index in [4.69, 9.17) is 10.5 Å². The van der Waals surface area contributed by atoms with Crippen molar-refractivity contribution in [2.75, 3.05) is 32.8 Å². The molecule has 0 radical (unpaired) electrons. The molecule has 2 atom stereocenters. The van der Waals surface area contributed by atoms with Gasteiger partial charge in [-0.3, -0.25) is 4.90 Å². The minimum absolute atomic E-state index is 0.603. The summed E-state index contributed by atoms with van der Waals surface area (Å²) < 4.78 is 5.44. The number of likely N-dealkylation sites (tertiary alicyclic amines) is 1. The molecule has 2 unspecified atom stereocenters. The molecule has 0 aromatic heterocycles. The Hall–Kier alpha value is -0.120. The van der Waals surface area contributed by atoms with Gasteiger partial charge in [0.05, 0.1) is 0 Å². The average Bonchev–Trinajstić information content (AvgIpc) is 2.31. The van der Waals surface area contributed by atoms with Gasteiger partial charge < -0.3 is 10.5 Å². The molecule has 0 aliphatic carbocycles. The van der Waals surface area contributed by atoms with E-state index in [0.29, 0.717) is 6.04 Å². The topological polar surface area (TPSA) is 38.5 Å². The maximum absolute atomic E-state index is 6.00. The minimum atomic E-state index is 0.603. The van der Waals surface area contributed by atoms with Crippen molar-refractivity contribution in [3.8, 4) is 0 Å². The van der Waals surface area contributed by atoms with Gasteiger partial charge >= 0.3 is 0 Å². The zero-order valence-corrected chi connectivity index (χ0v) is 10.5. The molecule has 0 aromatic rings. The van der Waals surface area contributed by atoms with Crippen LogP contribution in [0.2, 0.25) is 0 Å². The van der Waals surface area contributed by atoms with Gasteiger partial charge in [-0.25, -0.2) is 0 Å². The van der Waals surface area contributed by atoms with E-state index in [1.54, 1.807) is 0 Å². The van der Waals surface area contributed by atoms with Gasteiger partial charge in [-0.05, 0) is 44.1 Å². The van der Waals surface area contributed by atoms with Gasteiger partial charge in [0.25, 0.3) is 0 Å². The zero-order chi connectivity index (χ0) is 11.4. The van der Waals surface area contributed by atoms with Gasteiger partial charge in [-0.2, -0.15) is 0 Å². The van der Waals surface area contributed by atoms with Crippen molar-refractivity contribution in [2.45, 2.75) is 38.6 Å². The Morgan fingerprint density at radius 1 is 1.31 bits per heavy atom. The van der Waals surface area contributed by atoms with Gasteiger partial charge in [-0.15, -0.1) is 0 Å². The van der Waals surface area contributed by atoms with Crippen LogP contribution in [0, 0.1) is 11.8 Å². The third-order valence-corrected chi connectivity index (χ3v) is 4.21. The summed E-state index contributed by atoms with van der Waals surface area (Å²) >= 11 is 0. The van der Waals surface area contributed by atoms with E-state index < -0.39 is 0 Å². The van der Waals surface area contributed by atoms with Crippen molar-refractivity contribution in [3.63, 3.8) is 0 Å². The fourth-order valence-corrected chi connectivity index (χ4v) is 3.27. The van der Waals surface area contributed by atoms with Crippen LogP contribution in [0.5, 0.6) is 0 Å². The van der Waals surface area contributed by atoms with Crippen molar-refractivity contribution in [2.24, 2.45) is 17.6 Å². The van der Waals surface area contributed by atoms with E-state index in [9.17, 15) is 0 Å². The van der Waals surface area contributed by atoms with E-state index in [1.807, 2.05) is 0 Å². The first-order valence-electron chi connectivity index (χ1n) is 6.83. The van der Waals surface area contributed by atoms with Gasteiger partial charge in [0.15, 0.2) is 0 Å². The Balaban J connectivity index is 1.91. The van der Waals surface area contributed by atoms with Gasteiger partial charge in [-0.1, -0.05) is 6.92 Å². The molecule has 2 heterocycles. The van der Waals surface area contributed by atoms with E-state index in [2.05, 4.69) is 11.8 Å². The van der Waals surface area contributed by atoms with Crippen molar-refractivity contribution < 1.29 is 4.74 Å². The van der Waals surface area contributed by atoms with Crippen LogP contribution in [0.3, 0.4) is 0 Å². The maximum Gasteiger partial charge on any atom is 0.0469 e. The molecule has 3 nitrogen and oxygen atoms in total. The zero-order valence-electron chi connectivity index (χ0n) is 10.5. The highest BCUT2D eigenvalue weighted by Crippen LogP contribution is 2.26. The van der Waals surface area contributed by atoms with Crippen LogP contribution in [0.1, 0.15) is 32.6 Å². The van der Waals surface area contributed by atoms with Crippen LogP contribution in [0.15, 0.2) is 0 Å². The molecule has 0 amide bonds. The Morgan fingerprint density at radius 3 is 2.69 bits per heavy atom. The molecule has 2 saturated heterocycles. The fourth-order valence-electron chi connectivity index (χ4n) is 3.27. The summed E-state index contributed by atoms with van der Waals surface area (Å²) in [5, 5.41) is 0. The predicted molar refractivity (Wildman–Crippen MR) is 66.4 cm³/mol. The van der Waals surface area contributed by atoms with Crippen LogP contribution in [0.25, 0.3) is 0 Å². The molecule has 2 rings (SSSR count). The maximum atomic E-state index is 6.00. The summed E-state index contributed by atoms with van der Waals surface area (Å²) in [5.74, 6) is 1.62. The first-order chi connectivity index (χ1) is 7.81. The molecule has 2 N–H and O–H groups in total. The summed E-state index contributed by atoms with van der Waals surface area (Å²) in [6.07, 6.45) is 5.14. The average molecular weight is 226 g/mol. The largest absolute Gasteiger partial charge is 0.381 e. The van der Waals surface area contributed by atoms with Crippen LogP contribution in [-0.2, 0) is 4.74 Å². The number of nitrogens with zero attached hydrogens (tertiary/aromatic N) is 1. The van der Waals surface area contributed by atoms with Crippen molar-refractivity contribution >= 4 is 0 Å². The summed E-state index contributed by atoms with van der Waals surface area (Å²) in [4.78, 5) is 2.64. The molecular formula is C13H26N2O. The predicted octanol–water partition coefficient (Wildman–Crippen LogP) is 1.47. The second-order valence-electron chi connectivity index (χ2n) is 5.50. The van der Waals surface area contributed by atoms with Crippen LogP contribution >= 0.6 is 0 Å². The number of hydrogen-bond acceptors (Lipinski definition) is 3. The quantitative estimate of drug-likeness (QED) is 0.792. The molecular weight excluding hydrogens is 200 g/mol. The molecule has 0 bridgehead atoms. The number of rotatable bonds is 3. The molecule has 0 spiro atoms. The molecule has 94 valence electrons. The van der Waals surface area contributed by atoms with E-state index in [1.165, 1.54) is 38.8 Å². The first kappa shape index (κ1) is 12.3. The van der Waals surface area contributed by atoms with Gasteiger partial charge in [0.1, 0.15) is 0 Å². The standard InChI is InChI=1S/C13H26N2O/c1-11-3-2-6-15(10-11)13(9-14)12-4-7-16-8-5-12/h11-13H,2-10,14H2,1H3. The molecule has 2 aliphatic rings. The summed E-state index contributed by atoms with van der Waals surface area (Å²) in [6.45, 7) is 7.55. The second-order valence-corrected chi connectivity index (χ2v) is 5.50. The highest BCUT2D eigenvalue weighted by Gasteiger charge is 2.30. The lowest BCUT2D eigenvalue weighted by Gasteiger charge is -2.41. The Morgan fingerprint density at radius 2 is 2.06 bits per heavy atom. The van der Waals surface area contributed by atoms with Crippen LogP contribution in [0.4, 0.5) is 0 Å². The number of hydrogen-bond donors (Lipinski definition) is 1. The third-order valence-electron chi connectivity index (χ3n) is 4.21. The summed E-state index contributed by atoms with van der Waals surface area (Å²) in [6, 6.07) is 0.603. The summed E-state index contributed by atoms with van der Waals surface area (Å²) in [5.41, 5.74) is 6.00. The fraction of sp³-hybridized carbons (Fsp3) is 1.00. The van der Waals surface area contributed by atoms with Crippen LogP contribution in [-0.4, -0.2) is 43.8 Å². The second kappa shape index (κ2) is 5.99. The molecule has 0 aromatic carbocycles. The Bertz CT molecular complexity index is 204. The molecule has 2 aliphatic heterocycles. The molecule has 0 saturated carbocycles. The van der Waals surface area contributed by atoms with Crippen molar-refractivity contribution in [1.29, 1.82) is 0 Å². The lowest BCUT2D eigenvalue weighted by Crippen LogP contribution is -2.50. The monoisotopic (exact) mass is 226 g/mol. The molecule has 2 fully saturated rings. The molecule has 3 heteroatoms. The minimum Gasteiger partial charge on any atom is -0.381 e. The third kappa shape index (κ3) is 2.96. The number of nitrogens with two attached hydrogens (primary N) is 1. The van der Waals surface area contributed by atoms with E-state index in [0.717, 1.165) is 31.6 Å².